The summed E-state index contributed by atoms with van der Waals surface area (Å²) in [7, 11) is 0. The Morgan fingerprint density at radius 1 is 0.529 bits per heavy atom. The van der Waals surface area contributed by atoms with Crippen LogP contribution < -0.4 is 18.9 Å². The van der Waals surface area contributed by atoms with Gasteiger partial charge in [0, 0.05) is 0 Å². The van der Waals surface area contributed by atoms with Crippen molar-refractivity contribution in [2.45, 2.75) is 26.7 Å². The molecule has 0 heterocycles. The number of halogens is 4. The van der Waals surface area contributed by atoms with E-state index in [1.165, 1.54) is 0 Å². The van der Waals surface area contributed by atoms with Crippen LogP contribution in [0, 0.1) is 11.8 Å². The minimum atomic E-state index is -0.630. The first-order valence-electron chi connectivity index (χ1n) is 11.5. The van der Waals surface area contributed by atoms with Crippen molar-refractivity contribution in [2.24, 2.45) is 11.8 Å². The number of alkyl halides is 4. The summed E-state index contributed by atoms with van der Waals surface area (Å²) in [5.74, 6) is 2.16. The van der Waals surface area contributed by atoms with Crippen LogP contribution in [0.2, 0.25) is 0 Å². The Labute approximate surface area is 199 Å². The van der Waals surface area contributed by atoms with Crippen LogP contribution >= 0.6 is 0 Å². The van der Waals surface area contributed by atoms with Crippen molar-refractivity contribution >= 4 is 0 Å². The first kappa shape index (κ1) is 27.6. The van der Waals surface area contributed by atoms with Crippen LogP contribution in [0.1, 0.15) is 25.0 Å². The third kappa shape index (κ3) is 8.95. The molecule has 8 heteroatoms. The zero-order chi connectivity index (χ0) is 24.8. The number of hydrogen-bond donors (Lipinski definition) is 0. The Balaban J connectivity index is 2.06. The molecule has 34 heavy (non-hydrogen) atoms. The fourth-order valence-electron chi connectivity index (χ4n) is 3.56. The average molecular weight is 487 g/mol. The Bertz CT molecular complexity index is 780. The third-order valence-electron chi connectivity index (χ3n) is 5.44. The molecule has 0 N–H and O–H groups in total. The predicted octanol–water partition coefficient (Wildman–Crippen LogP) is 6.14. The van der Waals surface area contributed by atoms with Gasteiger partial charge in [-0.2, -0.15) is 0 Å². The average Bonchev–Trinajstić information content (AvgIpc) is 2.84. The molecule has 0 saturated heterocycles. The summed E-state index contributed by atoms with van der Waals surface area (Å²) >= 11 is 0. The van der Waals surface area contributed by atoms with Crippen molar-refractivity contribution in [3.05, 3.63) is 47.5 Å². The molecule has 2 aromatic carbocycles. The van der Waals surface area contributed by atoms with Crippen LogP contribution in [0.5, 0.6) is 23.0 Å². The van der Waals surface area contributed by atoms with E-state index in [-0.39, 0.29) is 38.3 Å². The number of hydrogen-bond acceptors (Lipinski definition) is 4. The van der Waals surface area contributed by atoms with Crippen LogP contribution in [-0.4, -0.2) is 53.1 Å². The van der Waals surface area contributed by atoms with Gasteiger partial charge in [-0.15, -0.1) is 0 Å². The van der Waals surface area contributed by atoms with Gasteiger partial charge in [-0.05, 0) is 60.1 Å². The third-order valence-corrected chi connectivity index (χ3v) is 5.44. The minimum absolute atomic E-state index is 0.0899. The van der Waals surface area contributed by atoms with E-state index >= 15 is 0 Å². The van der Waals surface area contributed by atoms with E-state index in [1.54, 1.807) is 12.1 Å². The summed E-state index contributed by atoms with van der Waals surface area (Å²) in [5, 5.41) is 0. The maximum atomic E-state index is 12.6. The molecule has 2 aromatic rings. The molecule has 0 saturated carbocycles. The molecule has 0 aliphatic carbocycles. The fraction of sp³-hybridized carbons (Fsp3) is 0.538. The molecule has 0 aromatic heterocycles. The van der Waals surface area contributed by atoms with Gasteiger partial charge in [-0.1, -0.05) is 26.0 Å². The first-order chi connectivity index (χ1) is 16.5. The van der Waals surface area contributed by atoms with Crippen molar-refractivity contribution in [1.82, 2.24) is 0 Å². The standard InChI is InChI=1S/C26H34F4O4/c1-19(15-21-3-5-23(31-11-7-27)25(17-21)33-13-9-29)20(2)16-22-4-6-24(32-12-8-28)26(18-22)34-14-10-30/h3-6,17-20H,7-16H2,1-2H3/t19-,20+. The summed E-state index contributed by atoms with van der Waals surface area (Å²) in [6.07, 6.45) is 1.50. The van der Waals surface area contributed by atoms with Crippen molar-refractivity contribution in [2.75, 3.05) is 53.1 Å². The van der Waals surface area contributed by atoms with Gasteiger partial charge >= 0.3 is 0 Å². The zero-order valence-corrected chi connectivity index (χ0v) is 19.8. The highest BCUT2D eigenvalue weighted by Gasteiger charge is 2.17. The van der Waals surface area contributed by atoms with E-state index in [0.29, 0.717) is 23.0 Å². The maximum Gasteiger partial charge on any atom is 0.161 e. The van der Waals surface area contributed by atoms with Crippen molar-refractivity contribution < 1.29 is 36.5 Å². The van der Waals surface area contributed by atoms with Crippen molar-refractivity contribution in [1.29, 1.82) is 0 Å². The van der Waals surface area contributed by atoms with Gasteiger partial charge < -0.3 is 18.9 Å². The highest BCUT2D eigenvalue weighted by Crippen LogP contribution is 2.33. The second kappa shape index (κ2) is 15.3. The normalized spacial score (nSPS) is 12.8. The largest absolute Gasteiger partial charge is 0.487 e. The molecule has 0 aliphatic rings. The lowest BCUT2D eigenvalue weighted by Gasteiger charge is -2.22. The van der Waals surface area contributed by atoms with Gasteiger partial charge in [0.2, 0.25) is 0 Å². The van der Waals surface area contributed by atoms with E-state index in [4.69, 9.17) is 18.9 Å². The van der Waals surface area contributed by atoms with Gasteiger partial charge in [0.05, 0.1) is 0 Å². The van der Waals surface area contributed by atoms with Gasteiger partial charge in [0.1, 0.15) is 53.1 Å². The Hall–Kier alpha value is -2.64. The smallest absolute Gasteiger partial charge is 0.161 e. The second-order valence-electron chi connectivity index (χ2n) is 8.07. The van der Waals surface area contributed by atoms with Crippen LogP contribution in [0.15, 0.2) is 36.4 Å². The van der Waals surface area contributed by atoms with Gasteiger partial charge in [0.15, 0.2) is 23.0 Å². The fourth-order valence-corrected chi connectivity index (χ4v) is 3.56. The molecule has 0 aliphatic heterocycles. The monoisotopic (exact) mass is 486 g/mol. The lowest BCUT2D eigenvalue weighted by molar-refractivity contribution is 0.234. The Morgan fingerprint density at radius 3 is 1.18 bits per heavy atom. The first-order valence-corrected chi connectivity index (χ1v) is 11.5. The molecule has 0 spiro atoms. The van der Waals surface area contributed by atoms with E-state index in [9.17, 15) is 17.6 Å². The summed E-state index contributed by atoms with van der Waals surface area (Å²) in [5.41, 5.74) is 2.01. The molecule has 0 fully saturated rings. The summed E-state index contributed by atoms with van der Waals surface area (Å²) in [6.45, 7) is 1.40. The molecule has 0 bridgehead atoms. The summed E-state index contributed by atoms with van der Waals surface area (Å²) in [4.78, 5) is 0. The summed E-state index contributed by atoms with van der Waals surface area (Å²) < 4.78 is 71.7. The van der Waals surface area contributed by atoms with Crippen molar-refractivity contribution in [3.63, 3.8) is 0 Å². The Kier molecular flexibility index (Phi) is 12.4. The van der Waals surface area contributed by atoms with Gasteiger partial charge in [-0.3, -0.25) is 0 Å². The molecule has 0 amide bonds. The molecule has 4 nitrogen and oxygen atoms in total. The molecular weight excluding hydrogens is 452 g/mol. The summed E-state index contributed by atoms with van der Waals surface area (Å²) in [6, 6.07) is 10.9. The van der Waals surface area contributed by atoms with Crippen LogP contribution in [0.4, 0.5) is 17.6 Å². The highest BCUT2D eigenvalue weighted by molar-refractivity contribution is 5.44. The number of benzene rings is 2. The van der Waals surface area contributed by atoms with E-state index < -0.39 is 26.7 Å². The van der Waals surface area contributed by atoms with Crippen LogP contribution in [0.25, 0.3) is 0 Å². The predicted molar refractivity (Wildman–Crippen MR) is 125 cm³/mol. The van der Waals surface area contributed by atoms with Gasteiger partial charge in [-0.25, -0.2) is 17.6 Å². The SMILES string of the molecule is C[C@H](Cc1ccc(OCCF)c(OCCF)c1)[C@@H](C)Cc1ccc(OCCF)c(OCCF)c1. The lowest BCUT2D eigenvalue weighted by atomic mass is 9.85. The minimum Gasteiger partial charge on any atom is -0.487 e. The van der Waals surface area contributed by atoms with E-state index in [2.05, 4.69) is 13.8 Å². The molecule has 2 rings (SSSR count). The quantitative estimate of drug-likeness (QED) is 0.252. The number of ether oxygens (including phenoxy) is 4. The van der Waals surface area contributed by atoms with Crippen LogP contribution in [0.3, 0.4) is 0 Å². The topological polar surface area (TPSA) is 36.9 Å². The molecule has 0 radical (unpaired) electrons. The second-order valence-corrected chi connectivity index (χ2v) is 8.07. The lowest BCUT2D eigenvalue weighted by Crippen LogP contribution is -2.14. The highest BCUT2D eigenvalue weighted by atomic mass is 19.1. The maximum absolute atomic E-state index is 12.6. The van der Waals surface area contributed by atoms with Gasteiger partial charge in [0.25, 0.3) is 0 Å². The molecular formula is C26H34F4O4. The molecule has 2 atom stereocenters. The van der Waals surface area contributed by atoms with E-state index in [0.717, 1.165) is 24.0 Å². The molecule has 0 unspecified atom stereocenters. The number of rotatable bonds is 17. The van der Waals surface area contributed by atoms with E-state index in [1.807, 2.05) is 24.3 Å². The zero-order valence-electron chi connectivity index (χ0n) is 19.8. The van der Waals surface area contributed by atoms with Crippen molar-refractivity contribution in [3.8, 4) is 23.0 Å². The van der Waals surface area contributed by atoms with Crippen LogP contribution in [-0.2, 0) is 12.8 Å². The molecule has 190 valence electrons. The Morgan fingerprint density at radius 2 is 0.853 bits per heavy atom.